The van der Waals surface area contributed by atoms with E-state index in [0.29, 0.717) is 10.7 Å². The summed E-state index contributed by atoms with van der Waals surface area (Å²) in [5.41, 5.74) is 0.712. The number of carbonyl (C=O) groups is 2. The van der Waals surface area contributed by atoms with E-state index in [2.05, 4.69) is 6.58 Å². The quantitative estimate of drug-likeness (QED) is 0.785. The van der Waals surface area contributed by atoms with Gasteiger partial charge in [0.1, 0.15) is 12.7 Å². The Morgan fingerprint density at radius 3 is 2.60 bits per heavy atom. The molecule has 3 amide bonds. The number of anilines is 1. The Kier molecular flexibility index (Phi) is 3.99. The molecule has 1 aliphatic rings. The SMILES string of the molecule is C=C[C@H]1N(C)C(=O)CN1C(=O)N(C)c1ccc(Cl)cc1. The summed E-state index contributed by atoms with van der Waals surface area (Å²) in [6, 6.07) is 6.69. The van der Waals surface area contributed by atoms with Crippen LogP contribution in [0.3, 0.4) is 0 Å². The van der Waals surface area contributed by atoms with Crippen LogP contribution in [0.15, 0.2) is 36.9 Å². The summed E-state index contributed by atoms with van der Waals surface area (Å²) >= 11 is 5.83. The Labute approximate surface area is 123 Å². The van der Waals surface area contributed by atoms with Gasteiger partial charge in [-0.2, -0.15) is 0 Å². The van der Waals surface area contributed by atoms with Crippen LogP contribution in [0.4, 0.5) is 10.5 Å². The predicted octanol–water partition coefficient (Wildman–Crippen LogP) is 2.18. The zero-order valence-electron chi connectivity index (χ0n) is 11.4. The second-order valence-corrected chi connectivity index (χ2v) is 5.04. The number of hydrogen-bond donors (Lipinski definition) is 0. The monoisotopic (exact) mass is 293 g/mol. The minimum Gasteiger partial charge on any atom is -0.320 e. The molecular weight excluding hydrogens is 278 g/mol. The van der Waals surface area contributed by atoms with Crippen molar-refractivity contribution in [2.45, 2.75) is 6.17 Å². The largest absolute Gasteiger partial charge is 0.326 e. The Morgan fingerprint density at radius 1 is 1.45 bits per heavy atom. The molecule has 0 saturated carbocycles. The smallest absolute Gasteiger partial charge is 0.320 e. The molecule has 106 valence electrons. The first-order valence-corrected chi connectivity index (χ1v) is 6.51. The Hall–Kier alpha value is -2.01. The molecule has 0 aliphatic carbocycles. The number of nitrogens with zero attached hydrogens (tertiary/aromatic N) is 3. The highest BCUT2D eigenvalue weighted by Crippen LogP contribution is 2.21. The van der Waals surface area contributed by atoms with Gasteiger partial charge < -0.3 is 4.90 Å². The van der Waals surface area contributed by atoms with E-state index in [1.165, 1.54) is 14.7 Å². The highest BCUT2D eigenvalue weighted by molar-refractivity contribution is 6.30. The second kappa shape index (κ2) is 5.54. The molecule has 1 atom stereocenters. The van der Waals surface area contributed by atoms with E-state index in [1.54, 1.807) is 44.4 Å². The van der Waals surface area contributed by atoms with E-state index < -0.39 is 6.17 Å². The third-order valence-corrected chi connectivity index (χ3v) is 3.62. The van der Waals surface area contributed by atoms with Gasteiger partial charge in [0.25, 0.3) is 0 Å². The standard InChI is InChI=1S/C14H16ClN3O2/c1-4-12-17(3)13(19)9-18(12)14(20)16(2)11-7-5-10(15)6-8-11/h4-8,12H,1,9H2,2-3H3/t12-/m0/s1. The van der Waals surface area contributed by atoms with Gasteiger partial charge in [-0.15, -0.1) is 0 Å². The number of amides is 3. The van der Waals surface area contributed by atoms with E-state index >= 15 is 0 Å². The van der Waals surface area contributed by atoms with Gasteiger partial charge in [0.2, 0.25) is 5.91 Å². The van der Waals surface area contributed by atoms with E-state index in [0.717, 1.165) is 0 Å². The third kappa shape index (κ3) is 2.49. The summed E-state index contributed by atoms with van der Waals surface area (Å²) in [5.74, 6) is -0.104. The fourth-order valence-electron chi connectivity index (χ4n) is 2.14. The fourth-order valence-corrected chi connectivity index (χ4v) is 2.27. The molecular formula is C14H16ClN3O2. The molecule has 0 aromatic heterocycles. The van der Waals surface area contributed by atoms with Gasteiger partial charge in [-0.3, -0.25) is 14.6 Å². The van der Waals surface area contributed by atoms with E-state index in [-0.39, 0.29) is 18.5 Å². The van der Waals surface area contributed by atoms with Crippen molar-refractivity contribution in [1.29, 1.82) is 0 Å². The molecule has 0 spiro atoms. The van der Waals surface area contributed by atoms with E-state index in [9.17, 15) is 9.59 Å². The highest BCUT2D eigenvalue weighted by atomic mass is 35.5. The Balaban J connectivity index is 2.20. The summed E-state index contributed by atoms with van der Waals surface area (Å²) in [6.45, 7) is 3.74. The predicted molar refractivity (Wildman–Crippen MR) is 78.7 cm³/mol. The molecule has 0 bridgehead atoms. The first-order chi connectivity index (χ1) is 9.45. The van der Waals surface area contributed by atoms with Crippen LogP contribution in [0.5, 0.6) is 0 Å². The molecule has 1 aromatic carbocycles. The van der Waals surface area contributed by atoms with Crippen molar-refractivity contribution in [3.05, 3.63) is 41.9 Å². The average Bonchev–Trinajstić information content (AvgIpc) is 2.73. The highest BCUT2D eigenvalue weighted by Gasteiger charge is 2.37. The minimum absolute atomic E-state index is 0.0595. The van der Waals surface area contributed by atoms with Gasteiger partial charge in [-0.05, 0) is 30.3 Å². The van der Waals surface area contributed by atoms with Crippen LogP contribution in [-0.2, 0) is 4.79 Å². The molecule has 0 N–H and O–H groups in total. The van der Waals surface area contributed by atoms with Crippen LogP contribution in [0.25, 0.3) is 0 Å². The van der Waals surface area contributed by atoms with Gasteiger partial charge in [-0.1, -0.05) is 18.2 Å². The zero-order valence-corrected chi connectivity index (χ0v) is 12.2. The topological polar surface area (TPSA) is 43.9 Å². The number of benzene rings is 1. The second-order valence-electron chi connectivity index (χ2n) is 4.60. The van der Waals surface area contributed by atoms with E-state index in [4.69, 9.17) is 11.6 Å². The maximum absolute atomic E-state index is 12.5. The number of hydrogen-bond acceptors (Lipinski definition) is 2. The molecule has 0 radical (unpaired) electrons. The molecule has 1 heterocycles. The number of carbonyl (C=O) groups excluding carboxylic acids is 2. The lowest BCUT2D eigenvalue weighted by Crippen LogP contribution is -2.45. The maximum Gasteiger partial charge on any atom is 0.326 e. The third-order valence-electron chi connectivity index (χ3n) is 3.37. The van der Waals surface area contributed by atoms with Crippen molar-refractivity contribution in [3.63, 3.8) is 0 Å². The van der Waals surface area contributed by atoms with Crippen LogP contribution in [0, 0.1) is 0 Å². The van der Waals surface area contributed by atoms with Crippen molar-refractivity contribution >= 4 is 29.2 Å². The first-order valence-electron chi connectivity index (χ1n) is 6.14. The van der Waals surface area contributed by atoms with Crippen LogP contribution < -0.4 is 4.90 Å². The van der Waals surface area contributed by atoms with Crippen LogP contribution in [-0.4, -0.2) is 48.5 Å². The number of urea groups is 1. The average molecular weight is 294 g/mol. The lowest BCUT2D eigenvalue weighted by Gasteiger charge is -2.29. The number of halogens is 1. The molecule has 1 aromatic rings. The molecule has 2 rings (SSSR count). The summed E-state index contributed by atoms with van der Waals surface area (Å²) < 4.78 is 0. The molecule has 0 unspecified atom stereocenters. The van der Waals surface area contributed by atoms with Crippen LogP contribution in [0.2, 0.25) is 5.02 Å². The lowest BCUT2D eigenvalue weighted by molar-refractivity contribution is -0.126. The zero-order chi connectivity index (χ0) is 14.9. The van der Waals surface area contributed by atoms with Gasteiger partial charge in [0.15, 0.2) is 0 Å². The summed E-state index contributed by atoms with van der Waals surface area (Å²) in [6.07, 6.45) is 1.17. The van der Waals surface area contributed by atoms with E-state index in [1.807, 2.05) is 0 Å². The fraction of sp³-hybridized carbons (Fsp3) is 0.286. The first kappa shape index (κ1) is 14.4. The van der Waals surface area contributed by atoms with Gasteiger partial charge in [-0.25, -0.2) is 4.79 Å². The van der Waals surface area contributed by atoms with Crippen molar-refractivity contribution in [2.75, 3.05) is 25.5 Å². The summed E-state index contributed by atoms with van der Waals surface area (Å²) in [7, 11) is 3.32. The number of likely N-dealkylation sites (N-methyl/N-ethyl adjacent to an activating group) is 1. The molecule has 20 heavy (non-hydrogen) atoms. The van der Waals surface area contributed by atoms with Gasteiger partial charge in [0.05, 0.1) is 0 Å². The lowest BCUT2D eigenvalue weighted by atomic mass is 10.3. The molecule has 1 aliphatic heterocycles. The van der Waals surface area contributed by atoms with Crippen molar-refractivity contribution in [1.82, 2.24) is 9.80 Å². The molecule has 6 heteroatoms. The summed E-state index contributed by atoms with van der Waals surface area (Å²) in [5, 5.41) is 0.606. The van der Waals surface area contributed by atoms with Gasteiger partial charge >= 0.3 is 6.03 Å². The Morgan fingerprint density at radius 2 is 2.05 bits per heavy atom. The minimum atomic E-state index is -0.412. The number of rotatable bonds is 2. The maximum atomic E-state index is 12.5. The van der Waals surface area contributed by atoms with Crippen LogP contribution >= 0.6 is 11.6 Å². The molecule has 1 saturated heterocycles. The van der Waals surface area contributed by atoms with Gasteiger partial charge in [0, 0.05) is 24.8 Å². The molecule has 5 nitrogen and oxygen atoms in total. The van der Waals surface area contributed by atoms with Crippen molar-refractivity contribution < 1.29 is 9.59 Å². The van der Waals surface area contributed by atoms with Crippen LogP contribution in [0.1, 0.15) is 0 Å². The Bertz CT molecular complexity index is 544. The molecule has 1 fully saturated rings. The van der Waals surface area contributed by atoms with Crippen molar-refractivity contribution in [3.8, 4) is 0 Å². The normalized spacial score (nSPS) is 18.4. The van der Waals surface area contributed by atoms with Crippen molar-refractivity contribution in [2.24, 2.45) is 0 Å². The summed E-state index contributed by atoms with van der Waals surface area (Å²) in [4.78, 5) is 28.7.